The maximum atomic E-state index is 6.19. The van der Waals surface area contributed by atoms with E-state index in [1.165, 1.54) is 32.4 Å². The highest BCUT2D eigenvalue weighted by Gasteiger charge is 2.16. The predicted molar refractivity (Wildman–Crippen MR) is 99.1 cm³/mol. The Hall–Kier alpha value is -1.26. The number of hydrogen-bond acceptors (Lipinski definition) is 2. The van der Waals surface area contributed by atoms with Gasteiger partial charge >= 0.3 is 0 Å². The van der Waals surface area contributed by atoms with E-state index in [1.54, 1.807) is 0 Å². The van der Waals surface area contributed by atoms with Crippen LogP contribution >= 0.6 is 11.6 Å². The summed E-state index contributed by atoms with van der Waals surface area (Å²) in [6.45, 7) is 6.98. The van der Waals surface area contributed by atoms with E-state index in [1.807, 2.05) is 24.3 Å². The molecule has 1 aliphatic heterocycles. The molecule has 0 amide bonds. The summed E-state index contributed by atoms with van der Waals surface area (Å²) < 4.78 is 0. The van der Waals surface area contributed by atoms with Crippen LogP contribution in [0.1, 0.15) is 31.7 Å². The van der Waals surface area contributed by atoms with Crippen molar-refractivity contribution in [1.29, 1.82) is 0 Å². The standard InChI is InChI=1S/C18H29ClN4/c1-3-20-18(22-14-16-6-4-5-7-17(16)19)21-11-8-15-9-12-23(2)13-10-15/h4-7,15H,3,8-14H2,1-2H3,(H2,20,21,22). The van der Waals surface area contributed by atoms with Crippen LogP contribution in [0.5, 0.6) is 0 Å². The minimum absolute atomic E-state index is 0.600. The van der Waals surface area contributed by atoms with Crippen LogP contribution in [0.4, 0.5) is 0 Å². The van der Waals surface area contributed by atoms with Crippen molar-refractivity contribution >= 4 is 17.6 Å². The first kappa shape index (κ1) is 18.1. The predicted octanol–water partition coefficient (Wildman–Crippen LogP) is 3.13. The highest BCUT2D eigenvalue weighted by atomic mass is 35.5. The van der Waals surface area contributed by atoms with Crippen molar-refractivity contribution in [1.82, 2.24) is 15.5 Å². The second-order valence-corrected chi connectivity index (χ2v) is 6.66. The Morgan fingerprint density at radius 3 is 2.70 bits per heavy atom. The maximum absolute atomic E-state index is 6.19. The highest BCUT2D eigenvalue weighted by Crippen LogP contribution is 2.18. The minimum Gasteiger partial charge on any atom is -0.357 e. The summed E-state index contributed by atoms with van der Waals surface area (Å²) >= 11 is 6.19. The van der Waals surface area contributed by atoms with Crippen molar-refractivity contribution in [2.75, 3.05) is 33.2 Å². The van der Waals surface area contributed by atoms with Crippen LogP contribution in [0, 0.1) is 5.92 Å². The molecule has 0 radical (unpaired) electrons. The molecule has 1 saturated heterocycles. The molecular formula is C18H29ClN4. The summed E-state index contributed by atoms with van der Waals surface area (Å²) in [7, 11) is 2.21. The van der Waals surface area contributed by atoms with Gasteiger partial charge in [-0.15, -0.1) is 0 Å². The molecule has 5 heteroatoms. The fourth-order valence-electron chi connectivity index (χ4n) is 2.88. The van der Waals surface area contributed by atoms with Crippen LogP contribution in [0.15, 0.2) is 29.3 Å². The average molecular weight is 337 g/mol. The molecule has 0 unspecified atom stereocenters. The number of halogens is 1. The fraction of sp³-hybridized carbons (Fsp3) is 0.611. The largest absolute Gasteiger partial charge is 0.357 e. The van der Waals surface area contributed by atoms with Gasteiger partial charge in [0, 0.05) is 18.1 Å². The first-order chi connectivity index (χ1) is 11.2. The van der Waals surface area contributed by atoms with E-state index in [4.69, 9.17) is 11.6 Å². The molecule has 4 nitrogen and oxygen atoms in total. The zero-order valence-corrected chi connectivity index (χ0v) is 15.1. The van der Waals surface area contributed by atoms with E-state index in [0.29, 0.717) is 6.54 Å². The van der Waals surface area contributed by atoms with E-state index in [-0.39, 0.29) is 0 Å². The molecule has 23 heavy (non-hydrogen) atoms. The van der Waals surface area contributed by atoms with Gasteiger partial charge in [-0.25, -0.2) is 4.99 Å². The summed E-state index contributed by atoms with van der Waals surface area (Å²) in [4.78, 5) is 7.06. The van der Waals surface area contributed by atoms with E-state index in [9.17, 15) is 0 Å². The van der Waals surface area contributed by atoms with E-state index < -0.39 is 0 Å². The summed E-state index contributed by atoms with van der Waals surface area (Å²) in [5.41, 5.74) is 1.06. The molecule has 128 valence electrons. The Morgan fingerprint density at radius 1 is 1.26 bits per heavy atom. The van der Waals surface area contributed by atoms with Gasteiger partial charge in [0.05, 0.1) is 6.54 Å². The smallest absolute Gasteiger partial charge is 0.191 e. The molecule has 0 aliphatic carbocycles. The molecule has 0 bridgehead atoms. The number of aliphatic imine (C=N–C) groups is 1. The molecule has 0 saturated carbocycles. The molecular weight excluding hydrogens is 308 g/mol. The van der Waals surface area contributed by atoms with Crippen LogP contribution in [-0.4, -0.2) is 44.1 Å². The van der Waals surface area contributed by atoms with Gasteiger partial charge in [-0.1, -0.05) is 29.8 Å². The summed E-state index contributed by atoms with van der Waals surface area (Å²) in [5, 5.41) is 7.53. The molecule has 1 heterocycles. The van der Waals surface area contributed by atoms with Crippen molar-refractivity contribution < 1.29 is 0 Å². The third kappa shape index (κ3) is 6.40. The number of hydrogen-bond donors (Lipinski definition) is 2. The second kappa shape index (κ2) is 9.78. The van der Waals surface area contributed by atoms with Crippen LogP contribution in [0.3, 0.4) is 0 Å². The van der Waals surface area contributed by atoms with Gasteiger partial charge in [0.1, 0.15) is 0 Å². The molecule has 0 spiro atoms. The zero-order valence-electron chi connectivity index (χ0n) is 14.3. The zero-order chi connectivity index (χ0) is 16.5. The lowest BCUT2D eigenvalue weighted by Crippen LogP contribution is -2.39. The van der Waals surface area contributed by atoms with Gasteiger partial charge in [0.2, 0.25) is 0 Å². The van der Waals surface area contributed by atoms with Gasteiger partial charge in [0.25, 0.3) is 0 Å². The monoisotopic (exact) mass is 336 g/mol. The van der Waals surface area contributed by atoms with Gasteiger partial charge in [0.15, 0.2) is 5.96 Å². The Balaban J connectivity index is 1.79. The number of likely N-dealkylation sites (tertiary alicyclic amines) is 1. The maximum Gasteiger partial charge on any atom is 0.191 e. The molecule has 2 N–H and O–H groups in total. The molecule has 1 fully saturated rings. The summed E-state index contributed by atoms with van der Waals surface area (Å²) in [6.07, 6.45) is 3.83. The lowest BCUT2D eigenvalue weighted by Gasteiger charge is -2.29. The van der Waals surface area contributed by atoms with Crippen molar-refractivity contribution in [3.63, 3.8) is 0 Å². The van der Waals surface area contributed by atoms with Crippen LogP contribution in [-0.2, 0) is 6.54 Å². The van der Waals surface area contributed by atoms with Gasteiger partial charge in [-0.2, -0.15) is 0 Å². The SMILES string of the molecule is CCNC(=NCc1ccccc1Cl)NCCC1CCN(C)CC1. The van der Waals surface area contributed by atoms with Gasteiger partial charge < -0.3 is 15.5 Å². The number of nitrogens with one attached hydrogen (secondary N) is 2. The number of piperidine rings is 1. The van der Waals surface area contributed by atoms with Crippen molar-refractivity contribution in [3.05, 3.63) is 34.9 Å². The van der Waals surface area contributed by atoms with Crippen molar-refractivity contribution in [2.45, 2.75) is 32.7 Å². The summed E-state index contributed by atoms with van der Waals surface area (Å²) in [5.74, 6) is 1.71. The van der Waals surface area contributed by atoms with Crippen LogP contribution in [0.2, 0.25) is 5.02 Å². The van der Waals surface area contributed by atoms with Crippen LogP contribution in [0.25, 0.3) is 0 Å². The van der Waals surface area contributed by atoms with Gasteiger partial charge in [-0.3, -0.25) is 0 Å². The lowest BCUT2D eigenvalue weighted by molar-refractivity contribution is 0.213. The van der Waals surface area contributed by atoms with Crippen molar-refractivity contribution in [3.8, 4) is 0 Å². The van der Waals surface area contributed by atoms with Crippen molar-refractivity contribution in [2.24, 2.45) is 10.9 Å². The van der Waals surface area contributed by atoms with Crippen LogP contribution < -0.4 is 10.6 Å². The molecule has 0 atom stereocenters. The average Bonchev–Trinajstić information content (AvgIpc) is 2.56. The Kier molecular flexibility index (Phi) is 7.69. The molecule has 2 rings (SSSR count). The molecule has 1 aromatic carbocycles. The third-order valence-corrected chi connectivity index (χ3v) is 4.76. The van der Waals surface area contributed by atoms with Gasteiger partial charge in [-0.05, 0) is 63.9 Å². The quantitative estimate of drug-likeness (QED) is 0.619. The first-order valence-corrected chi connectivity index (χ1v) is 9.01. The van der Waals surface area contributed by atoms with E-state index in [0.717, 1.165) is 35.6 Å². The molecule has 1 aliphatic rings. The second-order valence-electron chi connectivity index (χ2n) is 6.25. The number of nitrogens with zero attached hydrogens (tertiary/aromatic N) is 2. The molecule has 1 aromatic rings. The molecule has 0 aromatic heterocycles. The topological polar surface area (TPSA) is 39.7 Å². The number of benzene rings is 1. The lowest BCUT2D eigenvalue weighted by atomic mass is 9.94. The fourth-order valence-corrected chi connectivity index (χ4v) is 3.07. The minimum atomic E-state index is 0.600. The normalized spacial score (nSPS) is 17.3. The highest BCUT2D eigenvalue weighted by molar-refractivity contribution is 6.31. The third-order valence-electron chi connectivity index (χ3n) is 4.39. The number of rotatable bonds is 6. The first-order valence-electron chi connectivity index (χ1n) is 8.63. The summed E-state index contributed by atoms with van der Waals surface area (Å²) in [6, 6.07) is 7.87. The number of guanidine groups is 1. The van der Waals surface area contributed by atoms with E-state index in [2.05, 4.69) is 34.5 Å². The Labute approximate surface area is 145 Å². The Bertz CT molecular complexity index is 496. The van der Waals surface area contributed by atoms with E-state index >= 15 is 0 Å². The Morgan fingerprint density at radius 2 is 2.00 bits per heavy atom.